The van der Waals surface area contributed by atoms with Crippen LogP contribution in [0.15, 0.2) is 36.7 Å². The van der Waals surface area contributed by atoms with Gasteiger partial charge in [-0.1, -0.05) is 18.2 Å². The molecule has 0 saturated carbocycles. The Bertz CT molecular complexity index is 725. The molecule has 1 N–H and O–H groups in total. The first-order valence-corrected chi connectivity index (χ1v) is 8.26. The van der Waals surface area contributed by atoms with Gasteiger partial charge in [-0.2, -0.15) is 0 Å². The number of nitrogens with zero attached hydrogens (tertiary/aromatic N) is 3. The predicted octanol–water partition coefficient (Wildman–Crippen LogP) is 0.317. The Labute approximate surface area is 122 Å². The zero-order chi connectivity index (χ0) is 15.5. The van der Waals surface area contributed by atoms with Crippen LogP contribution in [0, 0.1) is 0 Å². The first-order chi connectivity index (χ1) is 9.89. The van der Waals surface area contributed by atoms with Gasteiger partial charge in [0.2, 0.25) is 5.91 Å². The van der Waals surface area contributed by atoms with E-state index in [4.69, 9.17) is 0 Å². The molecular weight excluding hydrogens is 292 g/mol. The Balaban J connectivity index is 2.09. The molecule has 0 saturated heterocycles. The quantitative estimate of drug-likeness (QED) is 0.858. The minimum absolute atomic E-state index is 0.105. The Morgan fingerprint density at radius 2 is 2.00 bits per heavy atom. The first-order valence-electron chi connectivity index (χ1n) is 6.30. The molecule has 2 aromatic rings. The fourth-order valence-corrected chi connectivity index (χ4v) is 2.16. The predicted molar refractivity (Wildman–Crippen MR) is 77.5 cm³/mol. The number of carbonyl (C=O) groups excluding carboxylic acids is 1. The van der Waals surface area contributed by atoms with Crippen LogP contribution in [0.2, 0.25) is 0 Å². The van der Waals surface area contributed by atoms with Gasteiger partial charge in [-0.15, -0.1) is 10.2 Å². The number of benzene rings is 1. The van der Waals surface area contributed by atoms with Crippen LogP contribution in [0.3, 0.4) is 0 Å². The van der Waals surface area contributed by atoms with Crippen LogP contribution in [0.5, 0.6) is 0 Å². The van der Waals surface area contributed by atoms with E-state index in [-0.39, 0.29) is 6.54 Å². The third-order valence-electron chi connectivity index (χ3n) is 3.08. The highest BCUT2D eigenvalue weighted by Gasteiger charge is 2.23. The number of para-hydroxylation sites is 1. The van der Waals surface area contributed by atoms with Crippen molar-refractivity contribution in [2.24, 2.45) is 0 Å². The van der Waals surface area contributed by atoms with Crippen LogP contribution < -0.4 is 5.32 Å². The maximum absolute atomic E-state index is 11.8. The van der Waals surface area contributed by atoms with E-state index in [2.05, 4.69) is 15.5 Å². The molecule has 21 heavy (non-hydrogen) atoms. The number of hydrogen-bond acceptors (Lipinski definition) is 5. The van der Waals surface area contributed by atoms with Gasteiger partial charge in [-0.25, -0.2) is 8.42 Å². The second-order valence-electron chi connectivity index (χ2n) is 4.64. The molecule has 1 aromatic carbocycles. The van der Waals surface area contributed by atoms with Crippen molar-refractivity contribution in [1.82, 2.24) is 20.1 Å². The molecule has 0 radical (unpaired) electrons. The molecule has 0 fully saturated rings. The Hall–Kier alpha value is -2.22. The van der Waals surface area contributed by atoms with E-state index >= 15 is 0 Å². The Morgan fingerprint density at radius 3 is 2.62 bits per heavy atom. The standard InChI is InChI=1S/C13H16N4O3S/c1-10(21(2,19)20)13(18)14-8-12-16-15-9-17(12)11-6-4-3-5-7-11/h3-7,9-10H,8H2,1-2H3,(H,14,18)/t10-/m1/s1. The van der Waals surface area contributed by atoms with E-state index in [0.29, 0.717) is 5.82 Å². The second kappa shape index (κ2) is 6.04. The summed E-state index contributed by atoms with van der Waals surface area (Å²) in [5.74, 6) is -0.0321. The summed E-state index contributed by atoms with van der Waals surface area (Å²) in [6.07, 6.45) is 2.57. The minimum Gasteiger partial charge on any atom is -0.348 e. The van der Waals surface area contributed by atoms with Crippen molar-refractivity contribution in [3.8, 4) is 5.69 Å². The van der Waals surface area contributed by atoms with Crippen molar-refractivity contribution in [1.29, 1.82) is 0 Å². The van der Waals surface area contributed by atoms with Crippen molar-refractivity contribution in [2.45, 2.75) is 18.7 Å². The molecule has 1 atom stereocenters. The number of rotatable bonds is 5. The maximum Gasteiger partial charge on any atom is 0.238 e. The maximum atomic E-state index is 11.8. The van der Waals surface area contributed by atoms with Gasteiger partial charge in [-0.3, -0.25) is 9.36 Å². The van der Waals surface area contributed by atoms with Crippen molar-refractivity contribution in [2.75, 3.05) is 6.26 Å². The molecule has 8 heteroatoms. The van der Waals surface area contributed by atoms with Crippen LogP contribution in [0.25, 0.3) is 5.69 Å². The van der Waals surface area contributed by atoms with E-state index in [1.54, 1.807) is 4.57 Å². The lowest BCUT2D eigenvalue weighted by molar-refractivity contribution is -0.120. The van der Waals surface area contributed by atoms with E-state index in [0.717, 1.165) is 11.9 Å². The average molecular weight is 308 g/mol. The van der Waals surface area contributed by atoms with Crippen LogP contribution in [0.1, 0.15) is 12.7 Å². The summed E-state index contributed by atoms with van der Waals surface area (Å²) < 4.78 is 24.4. The fraction of sp³-hybridized carbons (Fsp3) is 0.308. The molecule has 0 bridgehead atoms. The van der Waals surface area contributed by atoms with Gasteiger partial charge in [-0.05, 0) is 19.1 Å². The van der Waals surface area contributed by atoms with Crippen molar-refractivity contribution >= 4 is 15.7 Å². The van der Waals surface area contributed by atoms with Crippen molar-refractivity contribution < 1.29 is 13.2 Å². The molecule has 1 aromatic heterocycles. The largest absolute Gasteiger partial charge is 0.348 e. The van der Waals surface area contributed by atoms with Crippen molar-refractivity contribution in [3.05, 3.63) is 42.5 Å². The molecule has 0 spiro atoms. The zero-order valence-corrected chi connectivity index (χ0v) is 12.5. The summed E-state index contributed by atoms with van der Waals surface area (Å²) in [5.41, 5.74) is 0.864. The van der Waals surface area contributed by atoms with Crippen molar-refractivity contribution in [3.63, 3.8) is 0 Å². The third-order valence-corrected chi connectivity index (χ3v) is 4.58. The monoisotopic (exact) mass is 308 g/mol. The fourth-order valence-electron chi connectivity index (χ4n) is 1.69. The molecule has 1 amide bonds. The van der Waals surface area contributed by atoms with Crippen LogP contribution in [0.4, 0.5) is 0 Å². The van der Waals surface area contributed by atoms with Crippen LogP contribution >= 0.6 is 0 Å². The minimum atomic E-state index is -3.41. The molecule has 7 nitrogen and oxygen atoms in total. The number of sulfone groups is 1. The summed E-state index contributed by atoms with van der Waals surface area (Å²) in [5, 5.41) is 9.22. The Kier molecular flexibility index (Phi) is 4.37. The number of nitrogens with one attached hydrogen (secondary N) is 1. The molecular formula is C13H16N4O3S. The van der Waals surface area contributed by atoms with Gasteiger partial charge in [0.25, 0.3) is 0 Å². The molecule has 0 aliphatic rings. The molecule has 0 unspecified atom stereocenters. The lowest BCUT2D eigenvalue weighted by atomic mass is 10.3. The lowest BCUT2D eigenvalue weighted by Gasteiger charge is -2.11. The number of carbonyl (C=O) groups is 1. The topological polar surface area (TPSA) is 93.9 Å². The van der Waals surface area contributed by atoms with Gasteiger partial charge in [0.05, 0.1) is 6.54 Å². The van der Waals surface area contributed by atoms with Gasteiger partial charge in [0.1, 0.15) is 11.6 Å². The zero-order valence-electron chi connectivity index (χ0n) is 11.7. The highest BCUT2D eigenvalue weighted by Crippen LogP contribution is 2.08. The Morgan fingerprint density at radius 1 is 1.33 bits per heavy atom. The van der Waals surface area contributed by atoms with Gasteiger partial charge < -0.3 is 5.32 Å². The van der Waals surface area contributed by atoms with Gasteiger partial charge in [0, 0.05) is 11.9 Å². The highest BCUT2D eigenvalue weighted by atomic mass is 32.2. The molecule has 112 valence electrons. The molecule has 0 aliphatic carbocycles. The normalized spacial score (nSPS) is 12.9. The van der Waals surface area contributed by atoms with E-state index < -0.39 is 21.0 Å². The first kappa shape index (κ1) is 15.2. The smallest absolute Gasteiger partial charge is 0.238 e. The SMILES string of the molecule is C[C@H](C(=O)NCc1nncn1-c1ccccc1)S(C)(=O)=O. The van der Waals surface area contributed by atoms with E-state index in [9.17, 15) is 13.2 Å². The molecule has 1 heterocycles. The van der Waals surface area contributed by atoms with Crippen LogP contribution in [-0.4, -0.2) is 40.6 Å². The highest BCUT2D eigenvalue weighted by molar-refractivity contribution is 7.92. The van der Waals surface area contributed by atoms with Gasteiger partial charge in [0.15, 0.2) is 15.7 Å². The van der Waals surface area contributed by atoms with E-state index in [1.165, 1.54) is 13.3 Å². The summed E-state index contributed by atoms with van der Waals surface area (Å²) in [6, 6.07) is 9.41. The molecule has 2 rings (SSSR count). The van der Waals surface area contributed by atoms with Crippen LogP contribution in [-0.2, 0) is 21.2 Å². The summed E-state index contributed by atoms with van der Waals surface area (Å²) in [4.78, 5) is 11.8. The summed E-state index contributed by atoms with van der Waals surface area (Å²) in [7, 11) is -3.41. The van der Waals surface area contributed by atoms with E-state index in [1.807, 2.05) is 30.3 Å². The number of amides is 1. The average Bonchev–Trinajstić information content (AvgIpc) is 2.92. The second-order valence-corrected chi connectivity index (χ2v) is 7.01. The lowest BCUT2D eigenvalue weighted by Crippen LogP contribution is -2.37. The number of aromatic nitrogens is 3. The third kappa shape index (κ3) is 3.66. The summed E-state index contributed by atoms with van der Waals surface area (Å²) in [6.45, 7) is 1.46. The molecule has 0 aliphatic heterocycles. The number of hydrogen-bond donors (Lipinski definition) is 1. The van der Waals surface area contributed by atoms with Gasteiger partial charge >= 0.3 is 0 Å². The summed E-state index contributed by atoms with van der Waals surface area (Å²) >= 11 is 0.